The quantitative estimate of drug-likeness (QED) is 0.677. The molecule has 0 amide bonds. The summed E-state index contributed by atoms with van der Waals surface area (Å²) in [5.74, 6) is 0. The van der Waals surface area contributed by atoms with Gasteiger partial charge in [0.1, 0.15) is 0 Å². The van der Waals surface area contributed by atoms with E-state index in [0.29, 0.717) is 6.10 Å². The molecule has 1 heterocycles. The van der Waals surface area contributed by atoms with Crippen LogP contribution in [0.25, 0.3) is 0 Å². The van der Waals surface area contributed by atoms with Gasteiger partial charge in [-0.2, -0.15) is 0 Å². The van der Waals surface area contributed by atoms with Crippen LogP contribution in [0.5, 0.6) is 0 Å². The monoisotopic (exact) mass is 193 g/mol. The minimum Gasteiger partial charge on any atom is -0.380 e. The lowest BCUT2D eigenvalue weighted by Gasteiger charge is -2.14. The van der Waals surface area contributed by atoms with Gasteiger partial charge in [-0.15, -0.1) is 12.4 Å². The molecule has 0 aromatic heterocycles. The molecule has 1 aliphatic rings. The fourth-order valence-electron chi connectivity index (χ4n) is 1.57. The maximum Gasteiger partial charge on any atom is 0.0710 e. The van der Waals surface area contributed by atoms with Crippen LogP contribution >= 0.6 is 12.4 Å². The van der Waals surface area contributed by atoms with Crippen LogP contribution in [0.3, 0.4) is 0 Å². The summed E-state index contributed by atoms with van der Waals surface area (Å²) in [5, 5.41) is 0. The molecule has 1 saturated heterocycles. The van der Waals surface area contributed by atoms with Crippen molar-refractivity contribution in [3.05, 3.63) is 0 Å². The van der Waals surface area contributed by atoms with Crippen LogP contribution in [0.1, 0.15) is 26.2 Å². The SMILES string of the molecule is CCCCN1CC[C@H](OC)C1.Cl. The molecule has 0 saturated carbocycles. The Morgan fingerprint density at radius 1 is 1.50 bits per heavy atom. The highest BCUT2D eigenvalue weighted by Gasteiger charge is 2.20. The molecule has 1 rings (SSSR count). The number of halogens is 1. The zero-order valence-corrected chi connectivity index (χ0v) is 8.90. The first-order chi connectivity index (χ1) is 5.36. The summed E-state index contributed by atoms with van der Waals surface area (Å²) in [5.41, 5.74) is 0. The van der Waals surface area contributed by atoms with Gasteiger partial charge in [-0.25, -0.2) is 0 Å². The Labute approximate surface area is 81.7 Å². The number of likely N-dealkylation sites (tertiary alicyclic amines) is 1. The number of hydrogen-bond donors (Lipinski definition) is 0. The summed E-state index contributed by atoms with van der Waals surface area (Å²) in [6.45, 7) is 5.88. The van der Waals surface area contributed by atoms with Crippen molar-refractivity contribution < 1.29 is 4.74 Å². The van der Waals surface area contributed by atoms with E-state index in [0.717, 1.165) is 6.54 Å². The molecule has 0 spiro atoms. The first-order valence-corrected chi connectivity index (χ1v) is 4.62. The van der Waals surface area contributed by atoms with Crippen molar-refractivity contribution in [2.45, 2.75) is 32.3 Å². The molecule has 12 heavy (non-hydrogen) atoms. The predicted molar refractivity (Wildman–Crippen MR) is 54.0 cm³/mol. The molecule has 3 heteroatoms. The highest BCUT2D eigenvalue weighted by molar-refractivity contribution is 5.85. The molecule has 1 atom stereocenters. The van der Waals surface area contributed by atoms with E-state index in [1.165, 1.54) is 32.4 Å². The molecule has 1 aliphatic heterocycles. The molecule has 2 nitrogen and oxygen atoms in total. The van der Waals surface area contributed by atoms with Crippen molar-refractivity contribution in [3.63, 3.8) is 0 Å². The van der Waals surface area contributed by atoms with Crippen molar-refractivity contribution in [3.8, 4) is 0 Å². The van der Waals surface area contributed by atoms with Crippen LogP contribution in [0, 0.1) is 0 Å². The third kappa shape index (κ3) is 3.74. The van der Waals surface area contributed by atoms with Gasteiger partial charge in [0.25, 0.3) is 0 Å². The third-order valence-electron chi connectivity index (χ3n) is 2.39. The normalized spacial score (nSPS) is 24.0. The Morgan fingerprint density at radius 2 is 2.25 bits per heavy atom. The second kappa shape index (κ2) is 6.70. The summed E-state index contributed by atoms with van der Waals surface area (Å²) < 4.78 is 5.28. The van der Waals surface area contributed by atoms with Crippen LogP contribution in [0.2, 0.25) is 0 Å². The summed E-state index contributed by atoms with van der Waals surface area (Å²) in [7, 11) is 1.81. The Bertz CT molecular complexity index is 111. The molecule has 0 aromatic rings. The van der Waals surface area contributed by atoms with Gasteiger partial charge in [0.05, 0.1) is 6.10 Å². The van der Waals surface area contributed by atoms with Gasteiger partial charge >= 0.3 is 0 Å². The smallest absolute Gasteiger partial charge is 0.0710 e. The summed E-state index contributed by atoms with van der Waals surface area (Å²) >= 11 is 0. The maximum absolute atomic E-state index is 5.28. The summed E-state index contributed by atoms with van der Waals surface area (Å²) in [4.78, 5) is 2.50. The van der Waals surface area contributed by atoms with Crippen molar-refractivity contribution >= 4 is 12.4 Å². The highest BCUT2D eigenvalue weighted by atomic mass is 35.5. The number of rotatable bonds is 4. The van der Waals surface area contributed by atoms with Gasteiger partial charge in [0.2, 0.25) is 0 Å². The lowest BCUT2D eigenvalue weighted by atomic mass is 10.3. The number of hydrogen-bond acceptors (Lipinski definition) is 2. The Morgan fingerprint density at radius 3 is 2.75 bits per heavy atom. The van der Waals surface area contributed by atoms with Crippen LogP contribution < -0.4 is 0 Å². The van der Waals surface area contributed by atoms with E-state index in [1.807, 2.05) is 7.11 Å². The largest absolute Gasteiger partial charge is 0.380 e. The van der Waals surface area contributed by atoms with Crippen molar-refractivity contribution in [2.75, 3.05) is 26.7 Å². The average molecular weight is 194 g/mol. The Kier molecular flexibility index (Phi) is 6.81. The average Bonchev–Trinajstić information content (AvgIpc) is 2.48. The molecule has 0 aromatic carbocycles. The molecule has 0 N–H and O–H groups in total. The molecule has 0 radical (unpaired) electrons. The lowest BCUT2D eigenvalue weighted by molar-refractivity contribution is 0.108. The summed E-state index contributed by atoms with van der Waals surface area (Å²) in [6.07, 6.45) is 4.36. The Balaban J connectivity index is 0.00000121. The minimum absolute atomic E-state index is 0. The first-order valence-electron chi connectivity index (χ1n) is 4.62. The maximum atomic E-state index is 5.28. The highest BCUT2D eigenvalue weighted by Crippen LogP contribution is 2.11. The fourth-order valence-corrected chi connectivity index (χ4v) is 1.57. The fraction of sp³-hybridized carbons (Fsp3) is 1.00. The number of nitrogens with zero attached hydrogens (tertiary/aromatic N) is 1. The number of ether oxygens (including phenoxy) is 1. The van der Waals surface area contributed by atoms with Crippen molar-refractivity contribution in [2.24, 2.45) is 0 Å². The second-order valence-electron chi connectivity index (χ2n) is 3.30. The topological polar surface area (TPSA) is 12.5 Å². The zero-order chi connectivity index (χ0) is 8.10. The molecule has 74 valence electrons. The molecular formula is C9H20ClNO. The molecular weight excluding hydrogens is 174 g/mol. The zero-order valence-electron chi connectivity index (χ0n) is 8.08. The van der Waals surface area contributed by atoms with Gasteiger partial charge in [0.15, 0.2) is 0 Å². The van der Waals surface area contributed by atoms with Crippen molar-refractivity contribution in [1.82, 2.24) is 4.90 Å². The van der Waals surface area contributed by atoms with E-state index in [1.54, 1.807) is 0 Å². The minimum atomic E-state index is 0. The van der Waals surface area contributed by atoms with E-state index < -0.39 is 0 Å². The third-order valence-corrected chi connectivity index (χ3v) is 2.39. The van der Waals surface area contributed by atoms with Gasteiger partial charge in [-0.1, -0.05) is 13.3 Å². The van der Waals surface area contributed by atoms with E-state index in [9.17, 15) is 0 Å². The van der Waals surface area contributed by atoms with E-state index >= 15 is 0 Å². The van der Waals surface area contributed by atoms with Gasteiger partial charge in [-0.3, -0.25) is 0 Å². The molecule has 0 unspecified atom stereocenters. The Hall–Kier alpha value is 0.210. The van der Waals surface area contributed by atoms with Gasteiger partial charge in [0, 0.05) is 20.2 Å². The van der Waals surface area contributed by atoms with E-state index in [4.69, 9.17) is 4.74 Å². The number of unbranched alkanes of at least 4 members (excludes halogenated alkanes) is 1. The molecule has 0 aliphatic carbocycles. The van der Waals surface area contributed by atoms with Crippen LogP contribution in [0.4, 0.5) is 0 Å². The van der Waals surface area contributed by atoms with Crippen LogP contribution in [-0.2, 0) is 4.74 Å². The molecule has 1 fully saturated rings. The van der Waals surface area contributed by atoms with Gasteiger partial charge in [-0.05, 0) is 19.4 Å². The van der Waals surface area contributed by atoms with Crippen molar-refractivity contribution in [1.29, 1.82) is 0 Å². The lowest BCUT2D eigenvalue weighted by Crippen LogP contribution is -2.23. The standard InChI is InChI=1S/C9H19NO.ClH/c1-3-4-6-10-7-5-9(8-10)11-2;/h9H,3-8H2,1-2H3;1H/t9-;/m0./s1. The number of methoxy groups -OCH3 is 1. The second-order valence-corrected chi connectivity index (χ2v) is 3.30. The van der Waals surface area contributed by atoms with Crippen LogP contribution in [-0.4, -0.2) is 37.7 Å². The summed E-state index contributed by atoms with van der Waals surface area (Å²) in [6, 6.07) is 0. The molecule has 0 bridgehead atoms. The van der Waals surface area contributed by atoms with Gasteiger partial charge < -0.3 is 9.64 Å². The van der Waals surface area contributed by atoms with Crippen LogP contribution in [0.15, 0.2) is 0 Å². The predicted octanol–water partition coefficient (Wildman–Crippen LogP) is 1.93. The first kappa shape index (κ1) is 12.2. The van der Waals surface area contributed by atoms with E-state index in [-0.39, 0.29) is 12.4 Å². The van der Waals surface area contributed by atoms with E-state index in [2.05, 4.69) is 11.8 Å².